The largest absolute Gasteiger partial charge is 0.466 e. The Kier molecular flexibility index (Phi) is 11.8. The Morgan fingerprint density at radius 3 is 1.95 bits per heavy atom. The summed E-state index contributed by atoms with van der Waals surface area (Å²) in [6.45, 7) is 6.98. The molecule has 0 spiro atoms. The summed E-state index contributed by atoms with van der Waals surface area (Å²) in [6.07, 6.45) is 11.9. The van der Waals surface area contributed by atoms with E-state index in [9.17, 15) is 4.79 Å². The van der Waals surface area contributed by atoms with E-state index in [1.165, 1.54) is 44.9 Å². The third-order valence-electron chi connectivity index (χ3n) is 4.28. The van der Waals surface area contributed by atoms with Gasteiger partial charge in [0.25, 0.3) is 0 Å². The Hall–Kier alpha value is -0.570. The third kappa shape index (κ3) is 7.28. The van der Waals surface area contributed by atoms with Gasteiger partial charge in [-0.25, -0.2) is 0 Å². The maximum atomic E-state index is 12.1. The standard InChI is InChI=1S/C17H35NO2/c1-4-7-8-9-10-11-12-13-14-17(5-2,15-18)16(19)20-6-3/h4-15,18H2,1-3H3. The average Bonchev–Trinajstić information content (AvgIpc) is 2.46. The van der Waals surface area contributed by atoms with Crippen LogP contribution in [0.5, 0.6) is 0 Å². The molecule has 0 saturated carbocycles. The monoisotopic (exact) mass is 285 g/mol. The zero-order valence-corrected chi connectivity index (χ0v) is 13.9. The maximum Gasteiger partial charge on any atom is 0.313 e. The molecule has 20 heavy (non-hydrogen) atoms. The molecule has 0 fully saturated rings. The van der Waals surface area contributed by atoms with E-state index in [0.29, 0.717) is 13.2 Å². The topological polar surface area (TPSA) is 52.3 Å². The lowest BCUT2D eigenvalue weighted by atomic mass is 9.80. The van der Waals surface area contributed by atoms with Crippen LogP contribution in [0.4, 0.5) is 0 Å². The van der Waals surface area contributed by atoms with Crippen LogP contribution < -0.4 is 5.73 Å². The summed E-state index contributed by atoms with van der Waals surface area (Å²) >= 11 is 0. The minimum absolute atomic E-state index is 0.104. The first-order valence-electron chi connectivity index (χ1n) is 8.54. The number of nitrogens with two attached hydrogens (primary N) is 1. The van der Waals surface area contributed by atoms with Crippen molar-refractivity contribution >= 4 is 5.97 Å². The highest BCUT2D eigenvalue weighted by atomic mass is 16.5. The van der Waals surface area contributed by atoms with Crippen molar-refractivity contribution in [3.63, 3.8) is 0 Å². The summed E-state index contributed by atoms with van der Waals surface area (Å²) in [5, 5.41) is 0. The van der Waals surface area contributed by atoms with Crippen molar-refractivity contribution in [3.8, 4) is 0 Å². The molecule has 3 heteroatoms. The molecule has 0 aromatic rings. The number of esters is 1. The molecule has 0 aromatic carbocycles. The Morgan fingerprint density at radius 1 is 0.950 bits per heavy atom. The number of hydrogen-bond acceptors (Lipinski definition) is 3. The summed E-state index contributed by atoms with van der Waals surface area (Å²) in [5.74, 6) is -0.104. The molecule has 0 aliphatic rings. The average molecular weight is 285 g/mol. The van der Waals surface area contributed by atoms with E-state index in [1.807, 2.05) is 13.8 Å². The van der Waals surface area contributed by atoms with Gasteiger partial charge in [0, 0.05) is 6.54 Å². The normalized spacial score (nSPS) is 14.0. The molecule has 0 radical (unpaired) electrons. The second kappa shape index (κ2) is 12.2. The lowest BCUT2D eigenvalue weighted by Gasteiger charge is -2.28. The van der Waals surface area contributed by atoms with Crippen molar-refractivity contribution in [3.05, 3.63) is 0 Å². The van der Waals surface area contributed by atoms with Crippen LogP contribution in [-0.4, -0.2) is 19.1 Å². The van der Waals surface area contributed by atoms with Gasteiger partial charge in [-0.3, -0.25) is 4.79 Å². The van der Waals surface area contributed by atoms with Crippen LogP contribution in [0.3, 0.4) is 0 Å². The first-order chi connectivity index (χ1) is 9.66. The van der Waals surface area contributed by atoms with E-state index >= 15 is 0 Å². The van der Waals surface area contributed by atoms with Crippen molar-refractivity contribution in [1.82, 2.24) is 0 Å². The Morgan fingerprint density at radius 2 is 1.50 bits per heavy atom. The van der Waals surface area contributed by atoms with E-state index in [-0.39, 0.29) is 5.97 Å². The smallest absolute Gasteiger partial charge is 0.313 e. The first kappa shape index (κ1) is 19.4. The van der Waals surface area contributed by atoms with Gasteiger partial charge in [0.1, 0.15) is 0 Å². The fourth-order valence-corrected chi connectivity index (χ4v) is 2.63. The van der Waals surface area contributed by atoms with Crippen LogP contribution in [0.2, 0.25) is 0 Å². The van der Waals surface area contributed by atoms with Gasteiger partial charge < -0.3 is 10.5 Å². The van der Waals surface area contributed by atoms with Crippen LogP contribution >= 0.6 is 0 Å². The number of rotatable bonds is 13. The Labute approximate surface area is 125 Å². The fourth-order valence-electron chi connectivity index (χ4n) is 2.63. The zero-order chi connectivity index (χ0) is 15.3. The minimum Gasteiger partial charge on any atom is -0.466 e. The molecule has 0 amide bonds. The van der Waals surface area contributed by atoms with Crippen LogP contribution in [0.25, 0.3) is 0 Å². The minimum atomic E-state index is -0.446. The number of ether oxygens (including phenoxy) is 1. The lowest BCUT2D eigenvalue weighted by Crippen LogP contribution is -2.39. The first-order valence-corrected chi connectivity index (χ1v) is 8.54. The third-order valence-corrected chi connectivity index (χ3v) is 4.28. The number of unbranched alkanes of at least 4 members (excludes halogenated alkanes) is 7. The van der Waals surface area contributed by atoms with E-state index in [4.69, 9.17) is 10.5 Å². The second-order valence-corrected chi connectivity index (χ2v) is 5.78. The molecule has 0 saturated heterocycles. The van der Waals surface area contributed by atoms with Crippen molar-refractivity contribution in [2.45, 2.75) is 85.0 Å². The summed E-state index contributed by atoms with van der Waals surface area (Å²) in [6, 6.07) is 0. The van der Waals surface area contributed by atoms with Crippen molar-refractivity contribution in [2.24, 2.45) is 11.1 Å². The highest BCUT2D eigenvalue weighted by molar-refractivity contribution is 5.77. The van der Waals surface area contributed by atoms with Gasteiger partial charge in [-0.1, -0.05) is 65.2 Å². The summed E-state index contributed by atoms with van der Waals surface area (Å²) < 4.78 is 5.19. The predicted molar refractivity (Wildman–Crippen MR) is 85.6 cm³/mol. The molecule has 0 rings (SSSR count). The van der Waals surface area contributed by atoms with Gasteiger partial charge in [-0.05, 0) is 19.8 Å². The quantitative estimate of drug-likeness (QED) is 0.402. The van der Waals surface area contributed by atoms with Gasteiger partial charge in [0.15, 0.2) is 0 Å². The van der Waals surface area contributed by atoms with E-state index in [1.54, 1.807) is 0 Å². The highest BCUT2D eigenvalue weighted by Gasteiger charge is 2.36. The van der Waals surface area contributed by atoms with E-state index in [0.717, 1.165) is 19.3 Å². The summed E-state index contributed by atoms with van der Waals surface area (Å²) in [7, 11) is 0. The molecule has 1 atom stereocenters. The van der Waals surface area contributed by atoms with Crippen LogP contribution in [0.1, 0.15) is 85.0 Å². The van der Waals surface area contributed by atoms with Crippen LogP contribution in [0.15, 0.2) is 0 Å². The maximum absolute atomic E-state index is 12.1. The van der Waals surface area contributed by atoms with Crippen molar-refractivity contribution in [2.75, 3.05) is 13.2 Å². The number of carbonyl (C=O) groups excluding carboxylic acids is 1. The van der Waals surface area contributed by atoms with Crippen LogP contribution in [-0.2, 0) is 9.53 Å². The molecule has 0 bridgehead atoms. The summed E-state index contributed by atoms with van der Waals surface area (Å²) in [4.78, 5) is 12.1. The highest BCUT2D eigenvalue weighted by Crippen LogP contribution is 2.30. The van der Waals surface area contributed by atoms with Crippen molar-refractivity contribution < 1.29 is 9.53 Å². The van der Waals surface area contributed by atoms with E-state index < -0.39 is 5.41 Å². The molecular formula is C17H35NO2. The Bertz CT molecular complexity index is 237. The van der Waals surface area contributed by atoms with Gasteiger partial charge in [-0.2, -0.15) is 0 Å². The van der Waals surface area contributed by atoms with E-state index in [2.05, 4.69) is 6.92 Å². The zero-order valence-electron chi connectivity index (χ0n) is 13.9. The summed E-state index contributed by atoms with van der Waals surface area (Å²) in [5.41, 5.74) is 5.40. The number of hydrogen-bond donors (Lipinski definition) is 1. The van der Waals surface area contributed by atoms with Gasteiger partial charge in [0.05, 0.1) is 12.0 Å². The van der Waals surface area contributed by atoms with Gasteiger partial charge in [-0.15, -0.1) is 0 Å². The molecule has 1 unspecified atom stereocenters. The second-order valence-electron chi connectivity index (χ2n) is 5.78. The number of carbonyl (C=O) groups is 1. The fraction of sp³-hybridized carbons (Fsp3) is 0.941. The molecule has 0 heterocycles. The van der Waals surface area contributed by atoms with Gasteiger partial charge >= 0.3 is 5.97 Å². The molecule has 3 nitrogen and oxygen atoms in total. The SMILES string of the molecule is CCCCCCCCCCC(CC)(CN)C(=O)OCC. The molecule has 120 valence electrons. The molecule has 2 N–H and O–H groups in total. The van der Waals surface area contributed by atoms with Gasteiger partial charge in [0.2, 0.25) is 0 Å². The molecule has 0 aromatic heterocycles. The lowest BCUT2D eigenvalue weighted by molar-refractivity contribution is -0.155. The van der Waals surface area contributed by atoms with Crippen LogP contribution in [0, 0.1) is 5.41 Å². The molecule has 0 aliphatic carbocycles. The molecule has 0 aliphatic heterocycles. The molecular weight excluding hydrogens is 250 g/mol. The van der Waals surface area contributed by atoms with Crippen molar-refractivity contribution in [1.29, 1.82) is 0 Å². The predicted octanol–water partition coefficient (Wildman–Crippen LogP) is 4.44. The Balaban J connectivity index is 3.89.